The van der Waals surface area contributed by atoms with Crippen LogP contribution in [0.2, 0.25) is 5.02 Å². The Labute approximate surface area is 138 Å². The van der Waals surface area contributed by atoms with E-state index in [4.69, 9.17) is 11.6 Å². The highest BCUT2D eigenvalue weighted by Crippen LogP contribution is 2.26. The van der Waals surface area contributed by atoms with Gasteiger partial charge in [-0.2, -0.15) is 5.10 Å². The van der Waals surface area contributed by atoms with Gasteiger partial charge in [-0.05, 0) is 73.3 Å². The summed E-state index contributed by atoms with van der Waals surface area (Å²) in [6, 6.07) is 8.43. The summed E-state index contributed by atoms with van der Waals surface area (Å²) < 4.78 is 3.29. The number of hydrogen-bond acceptors (Lipinski definition) is 2. The van der Waals surface area contributed by atoms with Crippen molar-refractivity contribution in [2.45, 2.75) is 32.9 Å². The molecule has 108 valence electrons. The van der Waals surface area contributed by atoms with Gasteiger partial charge < -0.3 is 5.32 Å². The third-order valence-corrected chi connectivity index (χ3v) is 4.60. The molecule has 0 amide bonds. The van der Waals surface area contributed by atoms with Crippen molar-refractivity contribution in [1.29, 1.82) is 0 Å². The fourth-order valence-corrected chi connectivity index (χ4v) is 3.29. The number of hydrogen-bond donors (Lipinski definition) is 1. The van der Waals surface area contributed by atoms with Gasteiger partial charge >= 0.3 is 0 Å². The van der Waals surface area contributed by atoms with Crippen LogP contribution in [0.4, 0.5) is 0 Å². The van der Waals surface area contributed by atoms with Gasteiger partial charge in [0.1, 0.15) is 0 Å². The van der Waals surface area contributed by atoms with Crippen molar-refractivity contribution >= 4 is 34.2 Å². The maximum atomic E-state index is 6.13. The lowest BCUT2D eigenvalue weighted by molar-refractivity contribution is 0.539. The summed E-state index contributed by atoms with van der Waals surface area (Å²) >= 11 is 8.50. The molecule has 20 heavy (non-hydrogen) atoms. The number of aryl methyl sites for hydroxylation is 2. The molecule has 0 saturated heterocycles. The van der Waals surface area contributed by atoms with E-state index in [0.29, 0.717) is 0 Å². The van der Waals surface area contributed by atoms with E-state index in [2.05, 4.69) is 56.7 Å². The van der Waals surface area contributed by atoms with Crippen LogP contribution in [0.5, 0.6) is 0 Å². The standard InChI is InChI=1S/C15H19ClIN3/c1-4-20-12(7-10(2)19-20)9-15(18-3)13-8-11(16)5-6-14(13)17/h5-8,15,18H,4,9H2,1-3H3. The van der Waals surface area contributed by atoms with Crippen molar-refractivity contribution in [3.63, 3.8) is 0 Å². The molecule has 0 aliphatic heterocycles. The Balaban J connectivity index is 2.30. The van der Waals surface area contributed by atoms with Gasteiger partial charge in [0.2, 0.25) is 0 Å². The molecular formula is C15H19ClIN3. The smallest absolute Gasteiger partial charge is 0.0596 e. The monoisotopic (exact) mass is 403 g/mol. The average molecular weight is 404 g/mol. The van der Waals surface area contributed by atoms with Gasteiger partial charge in [0.05, 0.1) is 5.69 Å². The van der Waals surface area contributed by atoms with Crippen LogP contribution >= 0.6 is 34.2 Å². The highest BCUT2D eigenvalue weighted by atomic mass is 127. The van der Waals surface area contributed by atoms with Crippen LogP contribution in [-0.2, 0) is 13.0 Å². The van der Waals surface area contributed by atoms with Crippen LogP contribution in [0, 0.1) is 10.5 Å². The second kappa shape index (κ2) is 6.91. The molecule has 0 fully saturated rings. The highest BCUT2D eigenvalue weighted by Gasteiger charge is 2.16. The molecule has 0 spiro atoms. The molecular weight excluding hydrogens is 385 g/mol. The molecule has 5 heteroatoms. The van der Waals surface area contributed by atoms with E-state index in [9.17, 15) is 0 Å². The molecule has 1 atom stereocenters. The normalized spacial score (nSPS) is 12.7. The minimum atomic E-state index is 0.238. The number of nitrogens with one attached hydrogen (secondary N) is 1. The van der Waals surface area contributed by atoms with Crippen molar-refractivity contribution in [2.24, 2.45) is 0 Å². The topological polar surface area (TPSA) is 29.9 Å². The number of aromatic nitrogens is 2. The van der Waals surface area contributed by atoms with E-state index < -0.39 is 0 Å². The maximum absolute atomic E-state index is 6.13. The Morgan fingerprint density at radius 2 is 2.15 bits per heavy atom. The molecule has 2 rings (SSSR count). The van der Waals surface area contributed by atoms with Crippen LogP contribution in [0.3, 0.4) is 0 Å². The van der Waals surface area contributed by atoms with Crippen molar-refractivity contribution < 1.29 is 0 Å². The largest absolute Gasteiger partial charge is 0.313 e. The predicted molar refractivity (Wildman–Crippen MR) is 92.3 cm³/mol. The first-order chi connectivity index (χ1) is 9.55. The molecule has 2 aromatic rings. The minimum Gasteiger partial charge on any atom is -0.313 e. The SMILES string of the molecule is CCn1nc(C)cc1CC(NC)c1cc(Cl)ccc1I. The molecule has 0 saturated carbocycles. The van der Waals surface area contributed by atoms with Gasteiger partial charge in [-0.25, -0.2) is 0 Å². The number of rotatable bonds is 5. The van der Waals surface area contributed by atoms with Crippen LogP contribution in [0.15, 0.2) is 24.3 Å². The third-order valence-electron chi connectivity index (χ3n) is 3.38. The van der Waals surface area contributed by atoms with E-state index >= 15 is 0 Å². The highest BCUT2D eigenvalue weighted by molar-refractivity contribution is 14.1. The molecule has 0 radical (unpaired) electrons. The summed E-state index contributed by atoms with van der Waals surface area (Å²) in [5, 5.41) is 8.68. The van der Waals surface area contributed by atoms with Gasteiger partial charge in [-0.15, -0.1) is 0 Å². The zero-order valence-corrected chi connectivity index (χ0v) is 14.9. The molecule has 0 aliphatic carbocycles. The van der Waals surface area contributed by atoms with Crippen molar-refractivity contribution in [2.75, 3.05) is 7.05 Å². The summed E-state index contributed by atoms with van der Waals surface area (Å²) in [7, 11) is 1.99. The van der Waals surface area contributed by atoms with Crippen LogP contribution < -0.4 is 5.32 Å². The second-order valence-corrected chi connectivity index (χ2v) is 6.40. The molecule has 1 N–H and O–H groups in total. The Kier molecular flexibility index (Phi) is 5.46. The van der Waals surface area contributed by atoms with Crippen molar-refractivity contribution in [3.05, 3.63) is 49.8 Å². The minimum absolute atomic E-state index is 0.238. The van der Waals surface area contributed by atoms with Crippen LogP contribution in [0.25, 0.3) is 0 Å². The van der Waals surface area contributed by atoms with Gasteiger partial charge in [-0.3, -0.25) is 4.68 Å². The van der Waals surface area contributed by atoms with Gasteiger partial charge in [0, 0.05) is 33.3 Å². The van der Waals surface area contributed by atoms with Crippen molar-refractivity contribution in [3.8, 4) is 0 Å². The lowest BCUT2D eigenvalue weighted by atomic mass is 10.0. The molecule has 0 bridgehead atoms. The number of halogens is 2. The van der Waals surface area contributed by atoms with E-state index in [0.717, 1.165) is 23.7 Å². The summed E-state index contributed by atoms with van der Waals surface area (Å²) in [4.78, 5) is 0. The quantitative estimate of drug-likeness (QED) is 0.766. The molecule has 0 aliphatic rings. The zero-order valence-electron chi connectivity index (χ0n) is 12.0. The van der Waals surface area contributed by atoms with Gasteiger partial charge in [0.15, 0.2) is 0 Å². The average Bonchev–Trinajstić information content (AvgIpc) is 2.79. The fourth-order valence-electron chi connectivity index (χ4n) is 2.40. The lowest BCUT2D eigenvalue weighted by Gasteiger charge is -2.19. The van der Waals surface area contributed by atoms with Crippen LogP contribution in [-0.4, -0.2) is 16.8 Å². The number of likely N-dealkylation sites (N-methyl/N-ethyl adjacent to an activating group) is 1. The fraction of sp³-hybridized carbons (Fsp3) is 0.400. The van der Waals surface area contributed by atoms with E-state index in [1.807, 2.05) is 26.1 Å². The maximum Gasteiger partial charge on any atom is 0.0596 e. The second-order valence-electron chi connectivity index (χ2n) is 4.80. The zero-order chi connectivity index (χ0) is 14.7. The summed E-state index contributed by atoms with van der Waals surface area (Å²) in [6.45, 7) is 5.05. The predicted octanol–water partition coefficient (Wildman–Crippen LogP) is 3.97. The van der Waals surface area contributed by atoms with Crippen LogP contribution in [0.1, 0.15) is 29.9 Å². The summed E-state index contributed by atoms with van der Waals surface area (Å²) in [5.74, 6) is 0. The summed E-state index contributed by atoms with van der Waals surface area (Å²) in [5.41, 5.74) is 3.56. The molecule has 3 nitrogen and oxygen atoms in total. The number of nitrogens with zero attached hydrogens (tertiary/aromatic N) is 2. The molecule has 1 aromatic carbocycles. The lowest BCUT2D eigenvalue weighted by Crippen LogP contribution is -2.21. The van der Waals surface area contributed by atoms with E-state index in [-0.39, 0.29) is 6.04 Å². The van der Waals surface area contributed by atoms with E-state index in [1.165, 1.54) is 14.8 Å². The van der Waals surface area contributed by atoms with Gasteiger partial charge in [-0.1, -0.05) is 11.6 Å². The summed E-state index contributed by atoms with van der Waals surface area (Å²) in [6.07, 6.45) is 0.904. The first kappa shape index (κ1) is 15.8. The Morgan fingerprint density at radius 3 is 2.80 bits per heavy atom. The Morgan fingerprint density at radius 1 is 1.40 bits per heavy atom. The van der Waals surface area contributed by atoms with Crippen molar-refractivity contribution in [1.82, 2.24) is 15.1 Å². The first-order valence-electron chi connectivity index (χ1n) is 6.70. The van der Waals surface area contributed by atoms with E-state index in [1.54, 1.807) is 0 Å². The third kappa shape index (κ3) is 3.54. The molecule has 1 unspecified atom stereocenters. The number of benzene rings is 1. The van der Waals surface area contributed by atoms with Gasteiger partial charge in [0.25, 0.3) is 0 Å². The molecule has 1 aromatic heterocycles. The first-order valence-corrected chi connectivity index (χ1v) is 8.16. The Bertz CT molecular complexity index is 595. The Hall–Kier alpha value is -0.590. The molecule has 1 heterocycles.